The van der Waals surface area contributed by atoms with Crippen LogP contribution in [0.1, 0.15) is 15.9 Å². The minimum atomic E-state index is -0.476. The molecular weight excluding hydrogens is 393 g/mol. The highest BCUT2D eigenvalue weighted by Crippen LogP contribution is 2.35. The fourth-order valence-electron chi connectivity index (χ4n) is 3.61. The van der Waals surface area contributed by atoms with E-state index in [1.165, 1.54) is 4.90 Å². The molecule has 152 valence electrons. The number of amides is 1. The number of halogens is 1. The van der Waals surface area contributed by atoms with Crippen LogP contribution in [0.3, 0.4) is 0 Å². The van der Waals surface area contributed by atoms with Gasteiger partial charge in [0.2, 0.25) is 0 Å². The molecule has 1 aliphatic heterocycles. The van der Waals surface area contributed by atoms with Gasteiger partial charge in [0, 0.05) is 47.4 Å². The number of hydrogen-bond donors (Lipinski definition) is 2. The number of rotatable bonds is 5. The van der Waals surface area contributed by atoms with Crippen LogP contribution in [0, 0.1) is 5.82 Å². The summed E-state index contributed by atoms with van der Waals surface area (Å²) in [5, 5.41) is 6.33. The van der Waals surface area contributed by atoms with E-state index in [1.807, 2.05) is 24.3 Å². The van der Waals surface area contributed by atoms with E-state index in [1.54, 1.807) is 61.2 Å². The lowest BCUT2D eigenvalue weighted by Crippen LogP contribution is -2.24. The largest absolute Gasteiger partial charge is 0.355 e. The molecule has 1 amide bonds. The molecule has 0 saturated carbocycles. The second kappa shape index (κ2) is 7.87. The number of pyridine rings is 2. The van der Waals surface area contributed by atoms with Gasteiger partial charge >= 0.3 is 0 Å². The van der Waals surface area contributed by atoms with Crippen molar-refractivity contribution in [2.75, 3.05) is 15.5 Å². The third-order valence-corrected chi connectivity index (χ3v) is 5.11. The van der Waals surface area contributed by atoms with Gasteiger partial charge in [0.15, 0.2) is 5.82 Å². The molecule has 6 nitrogen and oxygen atoms in total. The van der Waals surface area contributed by atoms with Gasteiger partial charge in [0.1, 0.15) is 0 Å². The van der Waals surface area contributed by atoms with Crippen molar-refractivity contribution < 1.29 is 9.18 Å². The molecular formula is C24H18FN5O. The number of fused-ring (bicyclic) bond motifs is 1. The zero-order chi connectivity index (χ0) is 21.2. The Balaban J connectivity index is 1.41. The first-order valence-corrected chi connectivity index (χ1v) is 9.76. The SMILES string of the molecule is O=C1c2ccc(Nc3ccncc3)cc2CN1c1cccc(Nc2ccncc2)c1F. The highest BCUT2D eigenvalue weighted by Gasteiger charge is 2.31. The number of nitrogens with zero attached hydrogens (tertiary/aromatic N) is 3. The summed E-state index contributed by atoms with van der Waals surface area (Å²) in [6, 6.07) is 17.8. The Morgan fingerprint density at radius 3 is 2.19 bits per heavy atom. The number of carbonyl (C=O) groups excluding carboxylic acids is 1. The van der Waals surface area contributed by atoms with E-state index in [0.29, 0.717) is 23.5 Å². The minimum absolute atomic E-state index is 0.217. The summed E-state index contributed by atoms with van der Waals surface area (Å²) >= 11 is 0. The van der Waals surface area contributed by atoms with Crippen LogP contribution in [0.25, 0.3) is 0 Å². The van der Waals surface area contributed by atoms with Crippen LogP contribution in [0.5, 0.6) is 0 Å². The molecule has 0 atom stereocenters. The van der Waals surface area contributed by atoms with E-state index < -0.39 is 5.82 Å². The van der Waals surface area contributed by atoms with Crippen LogP contribution in [-0.4, -0.2) is 15.9 Å². The standard InChI is InChI=1S/C24H18FN5O/c25-23-21(29-18-8-12-27-13-9-18)2-1-3-22(23)30-15-16-14-19(4-5-20(16)24(30)31)28-17-6-10-26-11-7-17/h1-14H,15H2,(H,26,28)(H,27,29). The predicted octanol–water partition coefficient (Wildman–Crippen LogP) is 5.26. The van der Waals surface area contributed by atoms with Crippen LogP contribution in [0.2, 0.25) is 0 Å². The maximum absolute atomic E-state index is 15.3. The molecule has 4 aromatic rings. The lowest BCUT2D eigenvalue weighted by molar-refractivity contribution is 0.0996. The summed E-state index contributed by atoms with van der Waals surface area (Å²) in [5.74, 6) is -0.693. The fraction of sp³-hybridized carbons (Fsp3) is 0.0417. The Kier molecular flexibility index (Phi) is 4.76. The summed E-state index contributed by atoms with van der Waals surface area (Å²) in [4.78, 5) is 22.4. The summed E-state index contributed by atoms with van der Waals surface area (Å²) in [6.07, 6.45) is 6.66. The van der Waals surface area contributed by atoms with Gasteiger partial charge in [-0.1, -0.05) is 6.07 Å². The summed E-state index contributed by atoms with van der Waals surface area (Å²) < 4.78 is 15.3. The second-order valence-corrected chi connectivity index (χ2v) is 7.12. The molecule has 7 heteroatoms. The number of nitrogens with one attached hydrogen (secondary N) is 2. The zero-order valence-electron chi connectivity index (χ0n) is 16.4. The summed E-state index contributed by atoms with van der Waals surface area (Å²) in [5.41, 5.74) is 4.43. The van der Waals surface area contributed by atoms with E-state index in [4.69, 9.17) is 0 Å². The van der Waals surface area contributed by atoms with Crippen LogP contribution >= 0.6 is 0 Å². The number of aromatic nitrogens is 2. The fourth-order valence-corrected chi connectivity index (χ4v) is 3.61. The van der Waals surface area contributed by atoms with Crippen molar-refractivity contribution in [1.29, 1.82) is 0 Å². The summed E-state index contributed by atoms with van der Waals surface area (Å²) in [6.45, 7) is 0.301. The number of hydrogen-bond acceptors (Lipinski definition) is 5. The topological polar surface area (TPSA) is 70.2 Å². The van der Waals surface area contributed by atoms with Gasteiger partial charge in [-0.25, -0.2) is 4.39 Å². The van der Waals surface area contributed by atoms with Crippen molar-refractivity contribution in [2.24, 2.45) is 0 Å². The van der Waals surface area contributed by atoms with Crippen LogP contribution in [0.4, 0.5) is 32.8 Å². The first-order chi connectivity index (χ1) is 15.2. The average Bonchev–Trinajstić information content (AvgIpc) is 3.12. The van der Waals surface area contributed by atoms with E-state index in [0.717, 1.165) is 16.9 Å². The molecule has 5 rings (SSSR count). The first-order valence-electron chi connectivity index (χ1n) is 9.76. The molecule has 0 fully saturated rings. The van der Waals surface area contributed by atoms with Crippen molar-refractivity contribution in [3.8, 4) is 0 Å². The van der Waals surface area contributed by atoms with Crippen molar-refractivity contribution in [3.05, 3.63) is 102 Å². The van der Waals surface area contributed by atoms with Gasteiger partial charge in [-0.2, -0.15) is 0 Å². The Labute approximate surface area is 178 Å². The van der Waals surface area contributed by atoms with E-state index in [2.05, 4.69) is 20.6 Å². The van der Waals surface area contributed by atoms with E-state index >= 15 is 4.39 Å². The number of benzene rings is 2. The molecule has 0 radical (unpaired) electrons. The van der Waals surface area contributed by atoms with Crippen molar-refractivity contribution in [1.82, 2.24) is 9.97 Å². The highest BCUT2D eigenvalue weighted by molar-refractivity contribution is 6.10. The maximum Gasteiger partial charge on any atom is 0.259 e. The van der Waals surface area contributed by atoms with Crippen molar-refractivity contribution in [3.63, 3.8) is 0 Å². The van der Waals surface area contributed by atoms with Crippen molar-refractivity contribution >= 4 is 34.3 Å². The normalized spacial score (nSPS) is 12.5. The summed E-state index contributed by atoms with van der Waals surface area (Å²) in [7, 11) is 0. The number of carbonyl (C=O) groups is 1. The van der Waals surface area contributed by atoms with Crippen LogP contribution in [-0.2, 0) is 6.54 Å². The monoisotopic (exact) mass is 411 g/mol. The van der Waals surface area contributed by atoms with Gasteiger partial charge < -0.3 is 15.5 Å². The lowest BCUT2D eigenvalue weighted by Gasteiger charge is -2.18. The van der Waals surface area contributed by atoms with Crippen LogP contribution < -0.4 is 15.5 Å². The van der Waals surface area contributed by atoms with Crippen molar-refractivity contribution in [2.45, 2.75) is 6.54 Å². The minimum Gasteiger partial charge on any atom is -0.355 e. The first kappa shape index (κ1) is 18.7. The third kappa shape index (κ3) is 3.69. The predicted molar refractivity (Wildman–Crippen MR) is 118 cm³/mol. The Morgan fingerprint density at radius 2 is 1.48 bits per heavy atom. The smallest absolute Gasteiger partial charge is 0.259 e. The van der Waals surface area contributed by atoms with E-state index in [9.17, 15) is 4.79 Å². The molecule has 0 saturated heterocycles. The molecule has 0 unspecified atom stereocenters. The Morgan fingerprint density at radius 1 is 0.806 bits per heavy atom. The quantitative estimate of drug-likeness (QED) is 0.469. The molecule has 0 spiro atoms. The molecule has 2 aromatic carbocycles. The molecule has 3 heterocycles. The molecule has 1 aliphatic rings. The maximum atomic E-state index is 15.3. The van der Waals surface area contributed by atoms with Gasteiger partial charge in [-0.05, 0) is 60.2 Å². The molecule has 31 heavy (non-hydrogen) atoms. The highest BCUT2D eigenvalue weighted by atomic mass is 19.1. The van der Waals surface area contributed by atoms with Gasteiger partial charge in [0.05, 0.1) is 17.9 Å². The third-order valence-electron chi connectivity index (χ3n) is 5.11. The van der Waals surface area contributed by atoms with Crippen LogP contribution in [0.15, 0.2) is 85.5 Å². The molecule has 0 aliphatic carbocycles. The Bertz CT molecular complexity index is 1250. The van der Waals surface area contributed by atoms with E-state index in [-0.39, 0.29) is 11.6 Å². The lowest BCUT2D eigenvalue weighted by atomic mass is 10.1. The number of anilines is 5. The zero-order valence-corrected chi connectivity index (χ0v) is 16.4. The molecule has 2 aromatic heterocycles. The van der Waals surface area contributed by atoms with Gasteiger partial charge in [0.25, 0.3) is 5.91 Å². The van der Waals surface area contributed by atoms with Gasteiger partial charge in [-0.15, -0.1) is 0 Å². The molecule has 2 N–H and O–H groups in total. The second-order valence-electron chi connectivity index (χ2n) is 7.12. The Hall–Kier alpha value is -4.26. The molecule has 0 bridgehead atoms. The average molecular weight is 411 g/mol. The van der Waals surface area contributed by atoms with Gasteiger partial charge in [-0.3, -0.25) is 14.8 Å².